The van der Waals surface area contributed by atoms with Crippen molar-refractivity contribution in [2.75, 3.05) is 13.1 Å². The molecule has 2 heterocycles. The molecule has 0 saturated carbocycles. The van der Waals surface area contributed by atoms with E-state index in [2.05, 4.69) is 4.98 Å². The zero-order valence-electron chi connectivity index (χ0n) is 18.2. The Labute approximate surface area is 194 Å². The topological polar surface area (TPSA) is 72.4 Å². The van der Waals surface area contributed by atoms with Crippen LogP contribution in [0.3, 0.4) is 0 Å². The van der Waals surface area contributed by atoms with E-state index < -0.39 is 5.92 Å². The summed E-state index contributed by atoms with van der Waals surface area (Å²) in [7, 11) is 0. The van der Waals surface area contributed by atoms with Crippen LogP contribution < -0.4 is 5.73 Å². The summed E-state index contributed by atoms with van der Waals surface area (Å²) in [4.78, 5) is 18.7. The third-order valence-electron chi connectivity index (χ3n) is 6.11. The molecule has 5 rings (SSSR count). The fourth-order valence-corrected chi connectivity index (χ4v) is 4.20. The number of rotatable bonds is 4. The van der Waals surface area contributed by atoms with Gasteiger partial charge in [-0.05, 0) is 53.1 Å². The van der Waals surface area contributed by atoms with Crippen molar-refractivity contribution >= 4 is 17.0 Å². The van der Waals surface area contributed by atoms with Crippen molar-refractivity contribution in [1.82, 2.24) is 9.88 Å². The van der Waals surface area contributed by atoms with E-state index in [-0.39, 0.29) is 44.2 Å². The van der Waals surface area contributed by atoms with Crippen LogP contribution in [-0.4, -0.2) is 34.8 Å². The highest BCUT2D eigenvalue weighted by atomic mass is 19.3. The lowest BCUT2D eigenvalue weighted by atomic mass is 9.97. The number of nitrogens with two attached hydrogens (primary N) is 1. The Morgan fingerprint density at radius 2 is 1.62 bits per heavy atom. The molecule has 4 aromatic rings. The van der Waals surface area contributed by atoms with Gasteiger partial charge in [-0.25, -0.2) is 18.2 Å². The molecule has 3 aromatic carbocycles. The van der Waals surface area contributed by atoms with E-state index in [1.165, 1.54) is 17.0 Å². The first kappa shape index (κ1) is 22.2. The van der Waals surface area contributed by atoms with Crippen LogP contribution in [0.5, 0.6) is 0 Å². The van der Waals surface area contributed by atoms with Gasteiger partial charge in [-0.1, -0.05) is 24.3 Å². The molecule has 34 heavy (non-hydrogen) atoms. The number of piperidine rings is 1. The molecule has 2 N–H and O–H groups in total. The number of alkyl halides is 2. The van der Waals surface area contributed by atoms with Gasteiger partial charge in [0.15, 0.2) is 5.58 Å². The van der Waals surface area contributed by atoms with Crippen LogP contribution >= 0.6 is 0 Å². The summed E-state index contributed by atoms with van der Waals surface area (Å²) in [6.45, 7) is 0.230. The van der Waals surface area contributed by atoms with Gasteiger partial charge in [0.1, 0.15) is 11.3 Å². The lowest BCUT2D eigenvalue weighted by Gasteiger charge is -2.31. The molecule has 174 valence electrons. The number of halogens is 3. The van der Waals surface area contributed by atoms with Gasteiger partial charge in [0.05, 0.1) is 6.54 Å². The highest BCUT2D eigenvalue weighted by Crippen LogP contribution is 2.35. The first-order valence-corrected chi connectivity index (χ1v) is 11.0. The van der Waals surface area contributed by atoms with E-state index in [1.807, 2.05) is 24.3 Å². The maximum absolute atomic E-state index is 13.5. The lowest BCUT2D eigenvalue weighted by molar-refractivity contribution is -0.0494. The summed E-state index contributed by atoms with van der Waals surface area (Å²) >= 11 is 0. The third kappa shape index (κ3) is 4.28. The van der Waals surface area contributed by atoms with Gasteiger partial charge in [-0.15, -0.1) is 0 Å². The maximum Gasteiger partial charge on any atom is 0.253 e. The molecule has 1 aromatic heterocycles. The predicted molar refractivity (Wildman–Crippen MR) is 123 cm³/mol. The largest absolute Gasteiger partial charge is 0.439 e. The van der Waals surface area contributed by atoms with Crippen molar-refractivity contribution in [3.05, 3.63) is 77.9 Å². The van der Waals surface area contributed by atoms with E-state index in [1.54, 1.807) is 24.3 Å². The molecule has 1 aliphatic rings. The monoisotopic (exact) mass is 465 g/mol. The second kappa shape index (κ2) is 8.61. The van der Waals surface area contributed by atoms with Gasteiger partial charge in [-0.2, -0.15) is 0 Å². The molecule has 1 aliphatic heterocycles. The number of carbonyl (C=O) groups is 1. The van der Waals surface area contributed by atoms with E-state index in [9.17, 15) is 18.0 Å². The van der Waals surface area contributed by atoms with Crippen LogP contribution in [0, 0.1) is 5.82 Å². The van der Waals surface area contributed by atoms with Gasteiger partial charge in [0.2, 0.25) is 5.89 Å². The van der Waals surface area contributed by atoms with Crippen molar-refractivity contribution in [1.29, 1.82) is 0 Å². The molecule has 0 bridgehead atoms. The summed E-state index contributed by atoms with van der Waals surface area (Å²) in [6.07, 6.45) is -0.628. The van der Waals surface area contributed by atoms with Crippen LogP contribution in [0.25, 0.3) is 33.4 Å². The van der Waals surface area contributed by atoms with Gasteiger partial charge in [0, 0.05) is 37.1 Å². The first-order chi connectivity index (χ1) is 16.3. The number of likely N-dealkylation sites (tertiary alicyclic amines) is 1. The van der Waals surface area contributed by atoms with E-state index in [0.29, 0.717) is 22.6 Å². The lowest BCUT2D eigenvalue weighted by Crippen LogP contribution is -2.42. The van der Waals surface area contributed by atoms with Gasteiger partial charge >= 0.3 is 0 Å². The van der Waals surface area contributed by atoms with Crippen LogP contribution in [-0.2, 0) is 6.54 Å². The Morgan fingerprint density at radius 3 is 2.26 bits per heavy atom. The number of hydrogen-bond acceptors (Lipinski definition) is 4. The molecule has 1 fully saturated rings. The normalized spacial score (nSPS) is 15.6. The number of nitrogens with zero attached hydrogens (tertiary/aromatic N) is 2. The second-order valence-corrected chi connectivity index (χ2v) is 8.42. The quantitative estimate of drug-likeness (QED) is 0.424. The average Bonchev–Trinajstić information content (AvgIpc) is 3.27. The first-order valence-electron chi connectivity index (χ1n) is 11.0. The third-order valence-corrected chi connectivity index (χ3v) is 6.11. The summed E-state index contributed by atoms with van der Waals surface area (Å²) < 4.78 is 46.1. The second-order valence-electron chi connectivity index (χ2n) is 8.42. The van der Waals surface area contributed by atoms with Gasteiger partial charge in [0.25, 0.3) is 11.8 Å². The minimum atomic E-state index is -2.70. The summed E-state index contributed by atoms with van der Waals surface area (Å²) in [5.74, 6) is -2.90. The Kier molecular flexibility index (Phi) is 5.61. The number of aromatic nitrogens is 1. The number of fused-ring (bicyclic) bond motifs is 1. The average molecular weight is 465 g/mol. The van der Waals surface area contributed by atoms with Crippen LogP contribution in [0.1, 0.15) is 29.1 Å². The Morgan fingerprint density at radius 1 is 0.971 bits per heavy atom. The maximum atomic E-state index is 13.5. The van der Waals surface area contributed by atoms with Crippen LogP contribution in [0.15, 0.2) is 65.1 Å². The zero-order valence-corrected chi connectivity index (χ0v) is 18.2. The van der Waals surface area contributed by atoms with E-state index >= 15 is 0 Å². The number of oxazole rings is 1. The molecule has 5 nitrogen and oxygen atoms in total. The Balaban J connectivity index is 1.48. The standard InChI is InChI=1S/C26H22F3N3O2/c27-20-7-5-17(6-8-20)21-13-19(14-22-24(21)34-23(15-30)31-22)16-1-3-18(4-2-16)25(33)32-11-9-26(28,29)10-12-32/h1-8,13-14H,9-12,15,30H2. The van der Waals surface area contributed by atoms with Crippen molar-refractivity contribution in [3.8, 4) is 22.3 Å². The molecule has 0 radical (unpaired) electrons. The molecule has 1 saturated heterocycles. The summed E-state index contributed by atoms with van der Waals surface area (Å²) in [5, 5.41) is 0. The SMILES string of the molecule is NCc1nc2cc(-c3ccc(C(=O)N4CCC(F)(F)CC4)cc3)cc(-c3ccc(F)cc3)c2o1. The van der Waals surface area contributed by atoms with Crippen molar-refractivity contribution in [3.63, 3.8) is 0 Å². The molecule has 8 heteroatoms. The van der Waals surface area contributed by atoms with Crippen LogP contribution in [0.2, 0.25) is 0 Å². The molecule has 1 amide bonds. The van der Waals surface area contributed by atoms with Crippen LogP contribution in [0.4, 0.5) is 13.2 Å². The number of benzene rings is 3. The van der Waals surface area contributed by atoms with Crippen molar-refractivity contribution in [2.24, 2.45) is 5.73 Å². The zero-order chi connectivity index (χ0) is 23.9. The molecule has 0 spiro atoms. The fraction of sp³-hybridized carbons (Fsp3) is 0.231. The number of amides is 1. The molecular weight excluding hydrogens is 443 g/mol. The molecular formula is C26H22F3N3O2. The van der Waals surface area contributed by atoms with Crippen molar-refractivity contribution in [2.45, 2.75) is 25.3 Å². The smallest absolute Gasteiger partial charge is 0.253 e. The highest BCUT2D eigenvalue weighted by molar-refractivity contribution is 5.96. The van der Waals surface area contributed by atoms with E-state index in [4.69, 9.17) is 10.2 Å². The summed E-state index contributed by atoms with van der Waals surface area (Å²) in [5.41, 5.74) is 10.5. The molecule has 0 atom stereocenters. The fourth-order valence-electron chi connectivity index (χ4n) is 4.20. The Hall–Kier alpha value is -3.65. The molecule has 0 unspecified atom stereocenters. The predicted octanol–water partition coefficient (Wildman–Crippen LogP) is 5.63. The van der Waals surface area contributed by atoms with Gasteiger partial charge < -0.3 is 15.1 Å². The van der Waals surface area contributed by atoms with Gasteiger partial charge in [-0.3, -0.25) is 4.79 Å². The number of hydrogen-bond donors (Lipinski definition) is 1. The minimum absolute atomic E-state index is 0.0426. The highest BCUT2D eigenvalue weighted by Gasteiger charge is 2.35. The minimum Gasteiger partial charge on any atom is -0.439 e. The Bertz CT molecular complexity index is 1340. The summed E-state index contributed by atoms with van der Waals surface area (Å²) in [6, 6.07) is 16.9. The molecule has 0 aliphatic carbocycles. The number of carbonyl (C=O) groups excluding carboxylic acids is 1. The van der Waals surface area contributed by atoms with Crippen molar-refractivity contribution < 1.29 is 22.4 Å². The van der Waals surface area contributed by atoms with E-state index in [0.717, 1.165) is 22.3 Å².